The Balaban J connectivity index is 4.59. The van der Waals surface area contributed by atoms with Crippen LogP contribution >= 0.6 is 0 Å². The molecule has 0 aromatic rings. The van der Waals surface area contributed by atoms with Crippen LogP contribution in [0.4, 0.5) is 0 Å². The van der Waals surface area contributed by atoms with Crippen LogP contribution in [-0.2, 0) is 14.6 Å². The Morgan fingerprint density at radius 2 is 1.94 bits per heavy atom. The molecular weight excluding hydrogens is 238 g/mol. The van der Waals surface area contributed by atoms with Crippen LogP contribution in [0.3, 0.4) is 0 Å². The van der Waals surface area contributed by atoms with Gasteiger partial charge in [0.15, 0.2) is 9.84 Å². The number of rotatable bonds is 10. The molecule has 0 aliphatic rings. The summed E-state index contributed by atoms with van der Waals surface area (Å²) in [6.45, 7) is 4.53. The van der Waals surface area contributed by atoms with E-state index in [1.165, 1.54) is 0 Å². The Morgan fingerprint density at radius 3 is 2.35 bits per heavy atom. The van der Waals surface area contributed by atoms with Gasteiger partial charge in [0.1, 0.15) is 0 Å². The Kier molecular flexibility index (Phi) is 8.82. The van der Waals surface area contributed by atoms with E-state index in [0.29, 0.717) is 19.4 Å². The van der Waals surface area contributed by atoms with E-state index in [-0.39, 0.29) is 17.0 Å². The first-order valence-corrected chi connectivity index (χ1v) is 8.12. The summed E-state index contributed by atoms with van der Waals surface area (Å²) in [5, 5.41) is 2.87. The molecule has 1 N–H and O–H groups in total. The average molecular weight is 265 g/mol. The first-order valence-electron chi connectivity index (χ1n) is 6.41. The van der Waals surface area contributed by atoms with Gasteiger partial charge in [0.05, 0.1) is 11.0 Å². The molecule has 17 heavy (non-hydrogen) atoms. The van der Waals surface area contributed by atoms with Crippen LogP contribution in [0.2, 0.25) is 0 Å². The lowest BCUT2D eigenvalue weighted by atomic mass is 10.1. The average Bonchev–Trinajstić information content (AvgIpc) is 2.28. The van der Waals surface area contributed by atoms with Crippen LogP contribution in [0.25, 0.3) is 0 Å². The van der Waals surface area contributed by atoms with Crippen LogP contribution in [0, 0.1) is 0 Å². The van der Waals surface area contributed by atoms with Crippen LogP contribution < -0.4 is 5.32 Å². The lowest BCUT2D eigenvalue weighted by Gasteiger charge is -2.25. The Morgan fingerprint density at radius 1 is 1.29 bits per heavy atom. The molecule has 0 saturated carbocycles. The van der Waals surface area contributed by atoms with Crippen LogP contribution in [0.5, 0.6) is 0 Å². The van der Waals surface area contributed by atoms with Gasteiger partial charge in [0, 0.05) is 19.8 Å². The lowest BCUT2D eigenvalue weighted by Crippen LogP contribution is -2.43. The van der Waals surface area contributed by atoms with Gasteiger partial charge in [-0.1, -0.05) is 20.3 Å². The summed E-state index contributed by atoms with van der Waals surface area (Å²) in [5.41, 5.74) is 0. The quantitative estimate of drug-likeness (QED) is 0.610. The number of ether oxygens (including phenoxy) is 1. The molecule has 0 rings (SSSR count). The highest BCUT2D eigenvalue weighted by Gasteiger charge is 2.29. The molecule has 0 fully saturated rings. The van der Waals surface area contributed by atoms with Crippen molar-refractivity contribution >= 4 is 9.84 Å². The van der Waals surface area contributed by atoms with Crippen molar-refractivity contribution in [2.45, 2.75) is 50.8 Å². The minimum atomic E-state index is -3.02. The third-order valence-corrected chi connectivity index (χ3v) is 5.50. The summed E-state index contributed by atoms with van der Waals surface area (Å²) < 4.78 is 29.3. The van der Waals surface area contributed by atoms with Crippen molar-refractivity contribution in [2.75, 3.05) is 26.5 Å². The Labute approximate surface area is 106 Å². The van der Waals surface area contributed by atoms with Crippen molar-refractivity contribution in [3.63, 3.8) is 0 Å². The van der Waals surface area contributed by atoms with Gasteiger partial charge >= 0.3 is 0 Å². The first-order chi connectivity index (χ1) is 8.03. The molecule has 2 atom stereocenters. The van der Waals surface area contributed by atoms with Gasteiger partial charge in [-0.25, -0.2) is 8.42 Å². The van der Waals surface area contributed by atoms with Crippen LogP contribution in [0.1, 0.15) is 39.5 Å². The monoisotopic (exact) mass is 265 g/mol. The van der Waals surface area contributed by atoms with Crippen molar-refractivity contribution in [3.05, 3.63) is 0 Å². The standard InChI is InChI=1S/C12H27NO3S/c1-5-8-11(13-3)12(6-2)17(14,15)10-7-9-16-4/h11-13H,5-10H2,1-4H3. The zero-order chi connectivity index (χ0) is 13.3. The molecule has 0 radical (unpaired) electrons. The maximum absolute atomic E-state index is 12.2. The minimum Gasteiger partial charge on any atom is -0.385 e. The second-order valence-electron chi connectivity index (χ2n) is 4.34. The fraction of sp³-hybridized carbons (Fsp3) is 1.00. The zero-order valence-electron chi connectivity index (χ0n) is 11.5. The van der Waals surface area contributed by atoms with E-state index in [9.17, 15) is 8.42 Å². The molecule has 0 saturated heterocycles. The van der Waals surface area contributed by atoms with E-state index < -0.39 is 9.84 Å². The number of nitrogens with one attached hydrogen (secondary N) is 1. The van der Waals surface area contributed by atoms with E-state index in [4.69, 9.17) is 4.74 Å². The highest BCUT2D eigenvalue weighted by Crippen LogP contribution is 2.16. The second kappa shape index (κ2) is 8.89. The maximum Gasteiger partial charge on any atom is 0.154 e. The third-order valence-electron chi connectivity index (χ3n) is 3.06. The summed E-state index contributed by atoms with van der Waals surface area (Å²) in [7, 11) is 0.415. The summed E-state index contributed by atoms with van der Waals surface area (Å²) in [5.74, 6) is 0.223. The van der Waals surface area contributed by atoms with Crippen molar-refractivity contribution in [1.29, 1.82) is 0 Å². The molecule has 0 aliphatic carbocycles. The zero-order valence-corrected chi connectivity index (χ0v) is 12.3. The van der Waals surface area contributed by atoms with E-state index in [1.807, 2.05) is 14.0 Å². The fourth-order valence-corrected chi connectivity index (χ4v) is 4.28. The normalized spacial score (nSPS) is 15.8. The molecule has 104 valence electrons. The van der Waals surface area contributed by atoms with Gasteiger partial charge in [-0.15, -0.1) is 0 Å². The van der Waals surface area contributed by atoms with Crippen LogP contribution in [-0.4, -0.2) is 46.2 Å². The molecule has 0 bridgehead atoms. The van der Waals surface area contributed by atoms with Gasteiger partial charge < -0.3 is 10.1 Å². The molecule has 0 aromatic heterocycles. The number of methoxy groups -OCH3 is 1. The molecule has 0 heterocycles. The largest absolute Gasteiger partial charge is 0.385 e. The predicted octanol–water partition coefficient (Wildman–Crippen LogP) is 1.60. The smallest absolute Gasteiger partial charge is 0.154 e. The number of hydrogen-bond donors (Lipinski definition) is 1. The third kappa shape index (κ3) is 5.84. The number of hydrogen-bond acceptors (Lipinski definition) is 4. The molecule has 0 amide bonds. The van der Waals surface area contributed by atoms with Crippen molar-refractivity contribution < 1.29 is 13.2 Å². The summed E-state index contributed by atoms with van der Waals surface area (Å²) in [4.78, 5) is 0. The lowest BCUT2D eigenvalue weighted by molar-refractivity contribution is 0.199. The van der Waals surface area contributed by atoms with Crippen molar-refractivity contribution in [2.24, 2.45) is 0 Å². The summed E-state index contributed by atoms with van der Waals surface area (Å²) >= 11 is 0. The first kappa shape index (κ1) is 16.9. The Bertz CT molecular complexity index is 277. The van der Waals surface area contributed by atoms with Gasteiger partial charge in [-0.3, -0.25) is 0 Å². The van der Waals surface area contributed by atoms with E-state index in [0.717, 1.165) is 12.8 Å². The van der Waals surface area contributed by atoms with E-state index in [2.05, 4.69) is 12.2 Å². The molecule has 4 nitrogen and oxygen atoms in total. The van der Waals surface area contributed by atoms with Crippen molar-refractivity contribution in [1.82, 2.24) is 5.32 Å². The molecule has 2 unspecified atom stereocenters. The molecule has 0 spiro atoms. The van der Waals surface area contributed by atoms with E-state index in [1.54, 1.807) is 7.11 Å². The molecule has 0 aromatic carbocycles. The maximum atomic E-state index is 12.2. The molecule has 0 aliphatic heterocycles. The topological polar surface area (TPSA) is 55.4 Å². The number of sulfone groups is 1. The van der Waals surface area contributed by atoms with Crippen molar-refractivity contribution in [3.8, 4) is 0 Å². The van der Waals surface area contributed by atoms with Crippen LogP contribution in [0.15, 0.2) is 0 Å². The molecule has 5 heteroatoms. The SMILES string of the molecule is CCCC(NC)C(CC)S(=O)(=O)CCCOC. The summed E-state index contributed by atoms with van der Waals surface area (Å²) in [6, 6.07) is 0.0672. The predicted molar refractivity (Wildman–Crippen MR) is 72.1 cm³/mol. The summed E-state index contributed by atoms with van der Waals surface area (Å²) in [6.07, 6.45) is 3.15. The second-order valence-corrected chi connectivity index (χ2v) is 6.68. The highest BCUT2D eigenvalue weighted by atomic mass is 32.2. The highest BCUT2D eigenvalue weighted by molar-refractivity contribution is 7.92. The minimum absolute atomic E-state index is 0.0672. The van der Waals surface area contributed by atoms with E-state index >= 15 is 0 Å². The Hall–Kier alpha value is -0.130. The van der Waals surface area contributed by atoms with Gasteiger partial charge in [-0.05, 0) is 26.3 Å². The van der Waals surface area contributed by atoms with Gasteiger partial charge in [0.25, 0.3) is 0 Å². The van der Waals surface area contributed by atoms with Gasteiger partial charge in [0.2, 0.25) is 0 Å². The fourth-order valence-electron chi connectivity index (χ4n) is 2.17. The van der Waals surface area contributed by atoms with Gasteiger partial charge in [-0.2, -0.15) is 0 Å². The molecular formula is C12H27NO3S.